The molecule has 316 valence electrons. The van der Waals surface area contributed by atoms with Crippen LogP contribution in [0.3, 0.4) is 0 Å². The number of likely N-dealkylation sites (N-methyl/N-ethyl adjacent to an activating group) is 1. The first kappa shape index (κ1) is 52.0. The van der Waals surface area contributed by atoms with Gasteiger partial charge in [-0.15, -0.1) is 0 Å². The minimum absolute atomic E-state index is 0.0364. The third kappa shape index (κ3) is 40.5. The van der Waals surface area contributed by atoms with Crippen molar-refractivity contribution in [2.75, 3.05) is 47.5 Å². The van der Waals surface area contributed by atoms with Gasteiger partial charge in [0.05, 0.1) is 27.7 Å². The highest BCUT2D eigenvalue weighted by atomic mass is 31.2. The van der Waals surface area contributed by atoms with Gasteiger partial charge in [-0.25, -0.2) is 4.57 Å². The Morgan fingerprint density at radius 1 is 0.509 bits per heavy atom. The molecule has 10 heteroatoms. The number of phosphoric ester groups is 1. The monoisotopic (exact) mass is 777 g/mol. The first-order valence-corrected chi connectivity index (χ1v) is 23.8. The Balaban J connectivity index is 4.12. The molecule has 0 amide bonds. The maximum absolute atomic E-state index is 12.6. The molecule has 0 spiro atoms. The van der Waals surface area contributed by atoms with E-state index < -0.39 is 26.5 Å². The minimum Gasteiger partial charge on any atom is -0.462 e. The maximum Gasteiger partial charge on any atom is 0.472 e. The number of esters is 2. The Morgan fingerprint density at radius 3 is 1.21 bits per heavy atom. The van der Waals surface area contributed by atoms with Gasteiger partial charge in [-0.2, -0.15) is 0 Å². The molecular weight excluding hydrogens is 689 g/mol. The Hall–Kier alpha value is -0.990. The number of nitrogens with zero attached hydrogens (tertiary/aromatic N) is 1. The highest BCUT2D eigenvalue weighted by Crippen LogP contribution is 2.43. The second-order valence-corrected chi connectivity index (χ2v) is 17.9. The van der Waals surface area contributed by atoms with Crippen molar-refractivity contribution < 1.29 is 42.1 Å². The minimum atomic E-state index is -4.36. The number of hydrogen-bond acceptors (Lipinski definition) is 7. The lowest BCUT2D eigenvalue weighted by molar-refractivity contribution is -0.870. The molecule has 0 fully saturated rings. The number of hydrogen-bond donors (Lipinski definition) is 1. The fourth-order valence-corrected chi connectivity index (χ4v) is 7.11. The lowest BCUT2D eigenvalue weighted by atomic mass is 10.0. The number of rotatable bonds is 41. The molecule has 0 saturated carbocycles. The van der Waals surface area contributed by atoms with Gasteiger partial charge in [-0.1, -0.05) is 187 Å². The van der Waals surface area contributed by atoms with Crippen LogP contribution in [0.2, 0.25) is 0 Å². The molecule has 1 N–H and O–H groups in total. The molecule has 0 saturated heterocycles. The van der Waals surface area contributed by atoms with Crippen LogP contribution in [0, 0.1) is 0 Å². The molecule has 53 heavy (non-hydrogen) atoms. The molecule has 0 rings (SSSR count). The van der Waals surface area contributed by atoms with Crippen molar-refractivity contribution in [2.24, 2.45) is 0 Å². The van der Waals surface area contributed by atoms with Crippen LogP contribution in [0.5, 0.6) is 0 Å². The number of carbonyl (C=O) groups is 2. The predicted molar refractivity (Wildman–Crippen MR) is 220 cm³/mol. The zero-order valence-electron chi connectivity index (χ0n) is 35.5. The van der Waals surface area contributed by atoms with Crippen LogP contribution in [0.1, 0.15) is 213 Å². The number of phosphoric acid groups is 1. The lowest BCUT2D eigenvalue weighted by Crippen LogP contribution is -2.37. The van der Waals surface area contributed by atoms with Gasteiger partial charge in [0.2, 0.25) is 0 Å². The van der Waals surface area contributed by atoms with Crippen LogP contribution >= 0.6 is 7.82 Å². The van der Waals surface area contributed by atoms with Crippen LogP contribution in [0.4, 0.5) is 0 Å². The fourth-order valence-electron chi connectivity index (χ4n) is 6.37. The van der Waals surface area contributed by atoms with Gasteiger partial charge in [0, 0.05) is 12.8 Å². The molecule has 1 unspecified atom stereocenters. The summed E-state index contributed by atoms with van der Waals surface area (Å²) >= 11 is 0. The summed E-state index contributed by atoms with van der Waals surface area (Å²) in [5, 5.41) is 0. The highest BCUT2D eigenvalue weighted by molar-refractivity contribution is 7.47. The van der Waals surface area contributed by atoms with Crippen LogP contribution in [-0.2, 0) is 32.7 Å². The maximum atomic E-state index is 12.6. The van der Waals surface area contributed by atoms with E-state index in [1.807, 2.05) is 21.1 Å². The number of quaternary nitrogens is 1. The molecule has 2 atom stereocenters. The molecule has 0 heterocycles. The summed E-state index contributed by atoms with van der Waals surface area (Å²) in [5.74, 6) is -0.790. The molecular formula is C43H87NO8P+. The standard InChI is InChI=1S/C43H86NO8P/c1-6-8-10-12-14-16-17-18-19-20-21-22-23-24-25-26-27-28-30-31-33-35-42(45)49-39-41(40-51-53(47,48)50-38-37-44(3,4)5)52-43(46)36-34-32-29-15-13-11-9-7-2/h41H,6-40H2,1-5H3/p+1/t41-/m0/s1. The molecule has 0 aliphatic heterocycles. The second-order valence-electron chi connectivity index (χ2n) is 16.5. The normalized spacial score (nSPS) is 13.5. The van der Waals surface area contributed by atoms with Crippen molar-refractivity contribution in [1.29, 1.82) is 0 Å². The summed E-state index contributed by atoms with van der Waals surface area (Å²) in [6, 6.07) is 0. The van der Waals surface area contributed by atoms with E-state index >= 15 is 0 Å². The third-order valence-corrected chi connectivity index (χ3v) is 10.9. The molecule has 0 aromatic heterocycles. The molecule has 0 radical (unpaired) electrons. The van der Waals surface area contributed by atoms with Crippen molar-refractivity contribution in [3.8, 4) is 0 Å². The van der Waals surface area contributed by atoms with E-state index in [9.17, 15) is 19.0 Å². The van der Waals surface area contributed by atoms with Crippen molar-refractivity contribution in [1.82, 2.24) is 0 Å². The topological polar surface area (TPSA) is 108 Å². The zero-order valence-corrected chi connectivity index (χ0v) is 36.4. The van der Waals surface area contributed by atoms with E-state index in [1.54, 1.807) is 0 Å². The SMILES string of the molecule is CCCCCCCCCCCCCCCCCCCCCCCC(=O)OC[C@@H](COP(=O)(O)OCC[N+](C)(C)C)OC(=O)CCCCCCCCCC. The van der Waals surface area contributed by atoms with E-state index in [1.165, 1.54) is 148 Å². The smallest absolute Gasteiger partial charge is 0.462 e. The Bertz CT molecular complexity index is 881. The summed E-state index contributed by atoms with van der Waals surface area (Å²) in [6.45, 7) is 4.42. The van der Waals surface area contributed by atoms with Gasteiger partial charge in [0.1, 0.15) is 19.8 Å². The van der Waals surface area contributed by atoms with Crippen molar-refractivity contribution in [3.63, 3.8) is 0 Å². The quantitative estimate of drug-likeness (QED) is 0.0283. The average Bonchev–Trinajstić information content (AvgIpc) is 3.10. The zero-order chi connectivity index (χ0) is 39.3. The molecule has 0 aliphatic carbocycles. The van der Waals surface area contributed by atoms with Crippen LogP contribution in [0.15, 0.2) is 0 Å². The fraction of sp³-hybridized carbons (Fsp3) is 0.953. The van der Waals surface area contributed by atoms with Gasteiger partial charge in [-0.05, 0) is 12.8 Å². The molecule has 0 aliphatic rings. The predicted octanol–water partition coefficient (Wildman–Crippen LogP) is 12.4. The molecule has 0 aromatic carbocycles. The van der Waals surface area contributed by atoms with Crippen molar-refractivity contribution in [3.05, 3.63) is 0 Å². The van der Waals surface area contributed by atoms with Gasteiger partial charge in [-0.3, -0.25) is 18.6 Å². The first-order chi connectivity index (χ1) is 25.5. The van der Waals surface area contributed by atoms with E-state index in [2.05, 4.69) is 13.8 Å². The summed E-state index contributed by atoms with van der Waals surface area (Å²) in [5.41, 5.74) is 0. The van der Waals surface area contributed by atoms with Crippen LogP contribution in [0.25, 0.3) is 0 Å². The molecule has 0 bridgehead atoms. The van der Waals surface area contributed by atoms with Gasteiger partial charge >= 0.3 is 19.8 Å². The molecule has 0 aromatic rings. The van der Waals surface area contributed by atoms with Crippen molar-refractivity contribution >= 4 is 19.8 Å². The van der Waals surface area contributed by atoms with E-state index in [0.717, 1.165) is 32.1 Å². The Kier molecular flexibility index (Phi) is 36.0. The van der Waals surface area contributed by atoms with E-state index in [0.29, 0.717) is 23.9 Å². The summed E-state index contributed by atoms with van der Waals surface area (Å²) in [4.78, 5) is 35.2. The van der Waals surface area contributed by atoms with Gasteiger partial charge < -0.3 is 18.9 Å². The first-order valence-electron chi connectivity index (χ1n) is 22.3. The van der Waals surface area contributed by atoms with Gasteiger partial charge in [0.15, 0.2) is 6.10 Å². The summed E-state index contributed by atoms with van der Waals surface area (Å²) < 4.78 is 34.2. The number of unbranched alkanes of at least 4 members (excludes halogenated alkanes) is 27. The lowest BCUT2D eigenvalue weighted by Gasteiger charge is -2.24. The Morgan fingerprint density at radius 2 is 0.849 bits per heavy atom. The van der Waals surface area contributed by atoms with E-state index in [-0.39, 0.29) is 25.6 Å². The van der Waals surface area contributed by atoms with Gasteiger partial charge in [0.25, 0.3) is 0 Å². The van der Waals surface area contributed by atoms with Crippen LogP contribution < -0.4 is 0 Å². The highest BCUT2D eigenvalue weighted by Gasteiger charge is 2.27. The van der Waals surface area contributed by atoms with Crippen LogP contribution in [-0.4, -0.2) is 74.9 Å². The third-order valence-electron chi connectivity index (χ3n) is 9.89. The summed E-state index contributed by atoms with van der Waals surface area (Å²) in [7, 11) is 1.49. The van der Waals surface area contributed by atoms with E-state index in [4.69, 9.17) is 18.5 Å². The Labute approximate surface area is 327 Å². The average molecular weight is 777 g/mol. The molecule has 9 nitrogen and oxygen atoms in total. The second kappa shape index (κ2) is 36.6. The number of carbonyl (C=O) groups excluding carboxylic acids is 2. The largest absolute Gasteiger partial charge is 0.472 e. The van der Waals surface area contributed by atoms with Crippen molar-refractivity contribution in [2.45, 2.75) is 219 Å². The summed E-state index contributed by atoms with van der Waals surface area (Å²) in [6.07, 6.45) is 36.0. The number of ether oxygens (including phenoxy) is 2.